The molecule has 2 atom stereocenters. The van der Waals surface area contributed by atoms with Gasteiger partial charge in [0.2, 0.25) is 0 Å². The van der Waals surface area contributed by atoms with Gasteiger partial charge >= 0.3 is 11.9 Å². The first-order valence-electron chi connectivity index (χ1n) is 6.77. The van der Waals surface area contributed by atoms with Crippen LogP contribution < -0.4 is 0 Å². The minimum atomic E-state index is -0.305. The van der Waals surface area contributed by atoms with Gasteiger partial charge in [0.25, 0.3) is 0 Å². The molecule has 102 valence electrons. The van der Waals surface area contributed by atoms with Crippen LogP contribution in [-0.2, 0) is 19.1 Å². The van der Waals surface area contributed by atoms with E-state index in [4.69, 9.17) is 9.47 Å². The van der Waals surface area contributed by atoms with Crippen LogP contribution in [0.15, 0.2) is 0 Å². The van der Waals surface area contributed by atoms with E-state index in [1.165, 1.54) is 33.5 Å². The van der Waals surface area contributed by atoms with Crippen LogP contribution in [0.1, 0.15) is 44.9 Å². The van der Waals surface area contributed by atoms with E-state index in [0.717, 1.165) is 25.7 Å². The Hall–Kier alpha value is -1.06. The number of hydrogen-bond donors (Lipinski definition) is 0. The Balaban J connectivity index is 2.16. The molecule has 4 nitrogen and oxygen atoms in total. The Morgan fingerprint density at radius 2 is 1.33 bits per heavy atom. The average molecular weight is 254 g/mol. The van der Waals surface area contributed by atoms with Crippen LogP contribution in [0.25, 0.3) is 0 Å². The summed E-state index contributed by atoms with van der Waals surface area (Å²) in [6.45, 7) is 0. The van der Waals surface area contributed by atoms with Gasteiger partial charge in [-0.3, -0.25) is 9.59 Å². The molecule has 2 saturated carbocycles. The fraction of sp³-hybridized carbons (Fsp3) is 0.857. The van der Waals surface area contributed by atoms with E-state index >= 15 is 0 Å². The summed E-state index contributed by atoms with van der Waals surface area (Å²) < 4.78 is 9.69. The number of hydrogen-bond acceptors (Lipinski definition) is 4. The Morgan fingerprint density at radius 3 is 1.72 bits per heavy atom. The zero-order valence-electron chi connectivity index (χ0n) is 11.2. The molecule has 0 aliphatic heterocycles. The number of methoxy groups -OCH3 is 2. The number of rotatable bonds is 2. The molecule has 2 rings (SSSR count). The fourth-order valence-corrected chi connectivity index (χ4v) is 3.81. The molecule has 2 aliphatic carbocycles. The minimum absolute atomic E-state index is 0.177. The van der Waals surface area contributed by atoms with Crippen molar-refractivity contribution in [2.24, 2.45) is 17.3 Å². The van der Waals surface area contributed by atoms with E-state index in [2.05, 4.69) is 0 Å². The van der Waals surface area contributed by atoms with Gasteiger partial charge < -0.3 is 9.47 Å². The van der Waals surface area contributed by atoms with Crippen molar-refractivity contribution in [1.29, 1.82) is 0 Å². The molecule has 4 heteroatoms. The van der Waals surface area contributed by atoms with E-state index in [1.807, 2.05) is 0 Å². The molecule has 0 amide bonds. The number of carbonyl (C=O) groups is 2. The maximum absolute atomic E-state index is 11.8. The molecule has 2 unspecified atom stereocenters. The summed E-state index contributed by atoms with van der Waals surface area (Å²) in [4.78, 5) is 23.7. The van der Waals surface area contributed by atoms with E-state index in [9.17, 15) is 9.59 Å². The van der Waals surface area contributed by atoms with Crippen molar-refractivity contribution in [3.05, 3.63) is 0 Å². The Kier molecular flexibility index (Phi) is 3.93. The second-order valence-electron chi connectivity index (χ2n) is 5.73. The molecular weight excluding hydrogens is 232 g/mol. The predicted molar refractivity (Wildman–Crippen MR) is 65.8 cm³/mol. The van der Waals surface area contributed by atoms with E-state index in [0.29, 0.717) is 0 Å². The lowest BCUT2D eigenvalue weighted by atomic mass is 9.72. The summed E-state index contributed by atoms with van der Waals surface area (Å²) in [7, 11) is 2.78. The van der Waals surface area contributed by atoms with Gasteiger partial charge in [0.1, 0.15) is 0 Å². The molecule has 0 radical (unpaired) electrons. The van der Waals surface area contributed by atoms with Crippen molar-refractivity contribution >= 4 is 11.9 Å². The zero-order chi connectivity index (χ0) is 13.2. The summed E-state index contributed by atoms with van der Waals surface area (Å²) >= 11 is 0. The van der Waals surface area contributed by atoms with E-state index < -0.39 is 0 Å². The summed E-state index contributed by atoms with van der Waals surface area (Å²) in [5.41, 5.74) is 0.177. The van der Waals surface area contributed by atoms with Gasteiger partial charge in [-0.2, -0.15) is 0 Å². The van der Waals surface area contributed by atoms with Crippen molar-refractivity contribution in [2.75, 3.05) is 14.2 Å². The van der Waals surface area contributed by atoms with Crippen LogP contribution in [0.3, 0.4) is 0 Å². The van der Waals surface area contributed by atoms with Crippen LogP contribution in [-0.4, -0.2) is 26.2 Å². The quantitative estimate of drug-likeness (QED) is 0.710. The van der Waals surface area contributed by atoms with Crippen molar-refractivity contribution in [1.82, 2.24) is 0 Å². The highest BCUT2D eigenvalue weighted by Gasteiger charge is 2.51. The fourth-order valence-electron chi connectivity index (χ4n) is 3.81. The Bertz CT molecular complexity index is 305. The molecule has 0 aromatic heterocycles. The van der Waals surface area contributed by atoms with Crippen LogP contribution in [0.5, 0.6) is 0 Å². The number of carbonyl (C=O) groups excluding carboxylic acids is 2. The van der Waals surface area contributed by atoms with Crippen molar-refractivity contribution < 1.29 is 19.1 Å². The second-order valence-corrected chi connectivity index (χ2v) is 5.73. The van der Waals surface area contributed by atoms with E-state index in [1.54, 1.807) is 0 Å². The standard InChI is InChI=1S/C14H22O4/c1-17-12(15)10-8-14(6-4-3-5-7-14)9-11(10)13(16)18-2/h10-11H,3-9H2,1-2H3. The molecule has 0 N–H and O–H groups in total. The minimum Gasteiger partial charge on any atom is -0.469 e. The maximum Gasteiger partial charge on any atom is 0.309 e. The maximum atomic E-state index is 11.8. The molecule has 2 fully saturated rings. The summed E-state index contributed by atoms with van der Waals surface area (Å²) in [5.74, 6) is -1.12. The van der Waals surface area contributed by atoms with Gasteiger partial charge in [-0.15, -0.1) is 0 Å². The van der Waals surface area contributed by atoms with Crippen LogP contribution in [0.2, 0.25) is 0 Å². The van der Waals surface area contributed by atoms with Crippen LogP contribution in [0.4, 0.5) is 0 Å². The lowest BCUT2D eigenvalue weighted by molar-refractivity contribution is -0.156. The van der Waals surface area contributed by atoms with Crippen molar-refractivity contribution in [3.8, 4) is 0 Å². The smallest absolute Gasteiger partial charge is 0.309 e. The third-order valence-electron chi connectivity index (χ3n) is 4.71. The molecular formula is C14H22O4. The molecule has 0 aromatic carbocycles. The highest BCUT2D eigenvalue weighted by molar-refractivity contribution is 5.82. The molecule has 0 heterocycles. The van der Waals surface area contributed by atoms with Crippen LogP contribution in [0, 0.1) is 17.3 Å². The Labute approximate surface area is 108 Å². The highest BCUT2D eigenvalue weighted by atomic mass is 16.5. The van der Waals surface area contributed by atoms with Gasteiger partial charge in [0.05, 0.1) is 26.1 Å². The number of ether oxygens (including phenoxy) is 2. The highest BCUT2D eigenvalue weighted by Crippen LogP contribution is 2.54. The Morgan fingerprint density at radius 1 is 0.889 bits per heavy atom. The number of esters is 2. The molecule has 0 saturated heterocycles. The lowest BCUT2D eigenvalue weighted by Gasteiger charge is -2.33. The third-order valence-corrected chi connectivity index (χ3v) is 4.71. The van der Waals surface area contributed by atoms with Gasteiger partial charge in [-0.05, 0) is 31.1 Å². The predicted octanol–water partition coefficient (Wildman–Crippen LogP) is 2.31. The van der Waals surface area contributed by atoms with Crippen molar-refractivity contribution in [2.45, 2.75) is 44.9 Å². The first-order chi connectivity index (χ1) is 8.62. The SMILES string of the molecule is COC(=O)C1CC2(CCCCC2)CC1C(=O)OC. The second kappa shape index (κ2) is 5.29. The molecule has 2 aliphatic rings. The first kappa shape index (κ1) is 13.4. The zero-order valence-corrected chi connectivity index (χ0v) is 11.2. The van der Waals surface area contributed by atoms with E-state index in [-0.39, 0.29) is 29.2 Å². The van der Waals surface area contributed by atoms with Gasteiger partial charge in [0.15, 0.2) is 0 Å². The normalized spacial score (nSPS) is 30.1. The molecule has 18 heavy (non-hydrogen) atoms. The molecule has 0 aromatic rings. The first-order valence-corrected chi connectivity index (χ1v) is 6.77. The van der Waals surface area contributed by atoms with Gasteiger partial charge in [0, 0.05) is 0 Å². The topological polar surface area (TPSA) is 52.6 Å². The van der Waals surface area contributed by atoms with Crippen LogP contribution >= 0.6 is 0 Å². The summed E-state index contributed by atoms with van der Waals surface area (Å²) in [5, 5.41) is 0. The third kappa shape index (κ3) is 2.38. The van der Waals surface area contributed by atoms with Crippen molar-refractivity contribution in [3.63, 3.8) is 0 Å². The summed E-state index contributed by atoms with van der Waals surface area (Å²) in [6.07, 6.45) is 7.54. The lowest BCUT2D eigenvalue weighted by Crippen LogP contribution is -2.27. The largest absolute Gasteiger partial charge is 0.469 e. The van der Waals surface area contributed by atoms with Gasteiger partial charge in [-0.25, -0.2) is 0 Å². The average Bonchev–Trinajstić information content (AvgIpc) is 2.77. The van der Waals surface area contributed by atoms with Gasteiger partial charge in [-0.1, -0.05) is 19.3 Å². The monoisotopic (exact) mass is 254 g/mol. The summed E-state index contributed by atoms with van der Waals surface area (Å²) in [6, 6.07) is 0. The molecule has 0 bridgehead atoms. The molecule has 1 spiro atoms.